The first kappa shape index (κ1) is 15.5. The standard InChI is InChI=1S/C12H18BrNO3S/c1-14(8-10-18(2,15)16)7-9-17-12-5-3-11(13)4-6-12/h3-6H,7-10H2,1-2H3. The summed E-state index contributed by atoms with van der Waals surface area (Å²) in [5.41, 5.74) is 0. The number of sulfone groups is 1. The lowest BCUT2D eigenvalue weighted by molar-refractivity contribution is 0.244. The van der Waals surface area contributed by atoms with E-state index in [0.717, 1.165) is 10.2 Å². The molecule has 4 nitrogen and oxygen atoms in total. The third-order valence-corrected chi connectivity index (χ3v) is 3.85. The number of nitrogens with zero attached hydrogens (tertiary/aromatic N) is 1. The molecule has 0 aliphatic heterocycles. The van der Waals surface area contributed by atoms with E-state index >= 15 is 0 Å². The number of hydrogen-bond acceptors (Lipinski definition) is 4. The van der Waals surface area contributed by atoms with Gasteiger partial charge in [-0.25, -0.2) is 8.42 Å². The van der Waals surface area contributed by atoms with Crippen LogP contribution in [0, 0.1) is 0 Å². The number of likely N-dealkylation sites (N-methyl/N-ethyl adjacent to an activating group) is 1. The van der Waals surface area contributed by atoms with Gasteiger partial charge in [-0.3, -0.25) is 0 Å². The molecule has 0 saturated heterocycles. The molecule has 0 spiro atoms. The fourth-order valence-electron chi connectivity index (χ4n) is 1.28. The number of benzene rings is 1. The summed E-state index contributed by atoms with van der Waals surface area (Å²) in [6.07, 6.45) is 1.25. The summed E-state index contributed by atoms with van der Waals surface area (Å²) in [5, 5.41) is 0. The van der Waals surface area contributed by atoms with E-state index in [1.807, 2.05) is 36.2 Å². The smallest absolute Gasteiger partial charge is 0.148 e. The molecule has 0 saturated carbocycles. The minimum atomic E-state index is -2.89. The zero-order valence-electron chi connectivity index (χ0n) is 10.6. The van der Waals surface area contributed by atoms with Gasteiger partial charge >= 0.3 is 0 Å². The molecule has 0 N–H and O–H groups in total. The molecule has 18 heavy (non-hydrogen) atoms. The van der Waals surface area contributed by atoms with Gasteiger partial charge in [-0.2, -0.15) is 0 Å². The Hall–Kier alpha value is -0.590. The van der Waals surface area contributed by atoms with Crippen LogP contribution in [-0.2, 0) is 9.84 Å². The molecular weight excluding hydrogens is 318 g/mol. The second-order valence-electron chi connectivity index (χ2n) is 4.24. The molecule has 0 aliphatic carbocycles. The molecule has 0 fully saturated rings. The van der Waals surface area contributed by atoms with Crippen molar-refractivity contribution < 1.29 is 13.2 Å². The van der Waals surface area contributed by atoms with Gasteiger partial charge in [-0.15, -0.1) is 0 Å². The van der Waals surface area contributed by atoms with Crippen molar-refractivity contribution in [3.8, 4) is 5.75 Å². The molecule has 0 atom stereocenters. The predicted octanol–water partition coefficient (Wildman–Crippen LogP) is 1.80. The molecule has 102 valence electrons. The van der Waals surface area contributed by atoms with Crippen molar-refractivity contribution in [3.63, 3.8) is 0 Å². The van der Waals surface area contributed by atoms with Crippen molar-refractivity contribution in [2.75, 3.05) is 38.8 Å². The van der Waals surface area contributed by atoms with E-state index in [0.29, 0.717) is 19.7 Å². The fourth-order valence-corrected chi connectivity index (χ4v) is 2.19. The molecular formula is C12H18BrNO3S. The van der Waals surface area contributed by atoms with E-state index < -0.39 is 9.84 Å². The van der Waals surface area contributed by atoms with Crippen molar-refractivity contribution in [1.29, 1.82) is 0 Å². The normalized spacial score (nSPS) is 11.8. The first-order valence-corrected chi connectivity index (χ1v) is 8.47. The third-order valence-electron chi connectivity index (χ3n) is 2.40. The van der Waals surface area contributed by atoms with Crippen LogP contribution in [0.2, 0.25) is 0 Å². The highest BCUT2D eigenvalue weighted by Gasteiger charge is 2.05. The molecule has 0 bridgehead atoms. The first-order valence-electron chi connectivity index (χ1n) is 5.61. The maximum Gasteiger partial charge on any atom is 0.148 e. The molecule has 0 aromatic heterocycles. The lowest BCUT2D eigenvalue weighted by atomic mass is 10.3. The molecule has 1 aromatic carbocycles. The Bertz CT molecular complexity index is 459. The number of halogens is 1. The van der Waals surface area contributed by atoms with E-state index in [2.05, 4.69) is 15.9 Å². The molecule has 0 unspecified atom stereocenters. The molecule has 6 heteroatoms. The van der Waals surface area contributed by atoms with E-state index in [1.54, 1.807) is 0 Å². The van der Waals surface area contributed by atoms with Crippen molar-refractivity contribution in [1.82, 2.24) is 4.90 Å². The maximum absolute atomic E-state index is 11.0. The second-order valence-corrected chi connectivity index (χ2v) is 7.41. The van der Waals surface area contributed by atoms with Gasteiger partial charge < -0.3 is 9.64 Å². The zero-order chi connectivity index (χ0) is 13.6. The summed E-state index contributed by atoms with van der Waals surface area (Å²) in [7, 11) is -1.00. The number of ether oxygens (including phenoxy) is 1. The highest BCUT2D eigenvalue weighted by molar-refractivity contribution is 9.10. The largest absolute Gasteiger partial charge is 0.492 e. The predicted molar refractivity (Wildman–Crippen MR) is 76.8 cm³/mol. The van der Waals surface area contributed by atoms with Crippen LogP contribution in [0.3, 0.4) is 0 Å². The van der Waals surface area contributed by atoms with Crippen molar-refractivity contribution in [2.24, 2.45) is 0 Å². The fraction of sp³-hybridized carbons (Fsp3) is 0.500. The van der Waals surface area contributed by atoms with Gasteiger partial charge in [0.1, 0.15) is 22.2 Å². The van der Waals surface area contributed by atoms with E-state index in [1.165, 1.54) is 6.26 Å². The van der Waals surface area contributed by atoms with Crippen molar-refractivity contribution in [2.45, 2.75) is 0 Å². The summed E-state index contributed by atoms with van der Waals surface area (Å²) < 4.78 is 28.6. The Labute approximate surface area is 117 Å². The van der Waals surface area contributed by atoms with Gasteiger partial charge in [0.05, 0.1) is 5.75 Å². The Morgan fingerprint density at radius 3 is 2.39 bits per heavy atom. The number of rotatable bonds is 7. The average molecular weight is 336 g/mol. The van der Waals surface area contributed by atoms with Crippen LogP contribution in [0.4, 0.5) is 0 Å². The molecule has 0 radical (unpaired) electrons. The number of hydrogen-bond donors (Lipinski definition) is 0. The Morgan fingerprint density at radius 2 is 1.83 bits per heavy atom. The lowest BCUT2D eigenvalue weighted by Crippen LogP contribution is -2.29. The van der Waals surface area contributed by atoms with Crippen LogP contribution < -0.4 is 4.74 Å². The maximum atomic E-state index is 11.0. The van der Waals surface area contributed by atoms with Gasteiger partial charge in [0.2, 0.25) is 0 Å². The van der Waals surface area contributed by atoms with Crippen LogP contribution in [-0.4, -0.2) is 52.1 Å². The molecule has 0 heterocycles. The van der Waals surface area contributed by atoms with Gasteiger partial charge in [0, 0.05) is 23.8 Å². The molecule has 0 aliphatic rings. The van der Waals surface area contributed by atoms with Gasteiger partial charge in [-0.1, -0.05) is 15.9 Å². The van der Waals surface area contributed by atoms with Gasteiger partial charge in [0.25, 0.3) is 0 Å². The van der Waals surface area contributed by atoms with Crippen LogP contribution in [0.1, 0.15) is 0 Å². The van der Waals surface area contributed by atoms with Crippen LogP contribution in [0.25, 0.3) is 0 Å². The van der Waals surface area contributed by atoms with E-state index in [-0.39, 0.29) is 5.75 Å². The van der Waals surface area contributed by atoms with Gasteiger partial charge in [-0.05, 0) is 31.3 Å². The molecule has 1 rings (SSSR count). The summed E-state index contributed by atoms with van der Waals surface area (Å²) in [6.45, 7) is 1.77. The summed E-state index contributed by atoms with van der Waals surface area (Å²) in [6, 6.07) is 7.62. The Kier molecular flexibility index (Phi) is 6.11. The highest BCUT2D eigenvalue weighted by Crippen LogP contribution is 2.15. The lowest BCUT2D eigenvalue weighted by Gasteiger charge is -2.16. The quantitative estimate of drug-likeness (QED) is 0.762. The van der Waals surface area contributed by atoms with E-state index in [4.69, 9.17) is 4.74 Å². The van der Waals surface area contributed by atoms with Crippen LogP contribution >= 0.6 is 15.9 Å². The summed E-state index contributed by atoms with van der Waals surface area (Å²) in [4.78, 5) is 1.94. The first-order chi connectivity index (χ1) is 8.37. The van der Waals surface area contributed by atoms with Crippen LogP contribution in [0.15, 0.2) is 28.7 Å². The third kappa shape index (κ3) is 6.98. The van der Waals surface area contributed by atoms with Gasteiger partial charge in [0.15, 0.2) is 0 Å². The zero-order valence-corrected chi connectivity index (χ0v) is 13.0. The van der Waals surface area contributed by atoms with Crippen LogP contribution in [0.5, 0.6) is 5.75 Å². The minimum absolute atomic E-state index is 0.182. The monoisotopic (exact) mass is 335 g/mol. The highest BCUT2D eigenvalue weighted by atomic mass is 79.9. The Balaban J connectivity index is 2.23. The summed E-state index contributed by atoms with van der Waals surface area (Å²) in [5.74, 6) is 0.997. The second kappa shape index (κ2) is 7.11. The topological polar surface area (TPSA) is 46.6 Å². The molecule has 1 aromatic rings. The van der Waals surface area contributed by atoms with E-state index in [9.17, 15) is 8.42 Å². The van der Waals surface area contributed by atoms with Crippen molar-refractivity contribution in [3.05, 3.63) is 28.7 Å². The minimum Gasteiger partial charge on any atom is -0.492 e. The van der Waals surface area contributed by atoms with Crippen molar-refractivity contribution >= 4 is 25.8 Å². The SMILES string of the molecule is CN(CCOc1ccc(Br)cc1)CCS(C)(=O)=O. The Morgan fingerprint density at radius 1 is 1.22 bits per heavy atom. The average Bonchev–Trinajstić information content (AvgIpc) is 2.28. The molecule has 0 amide bonds. The summed E-state index contributed by atoms with van der Waals surface area (Å²) >= 11 is 3.36.